The molecule has 0 N–H and O–H groups in total. The molecule has 0 unspecified atom stereocenters. The highest BCUT2D eigenvalue weighted by Gasteiger charge is 2.15. The molecular formula is C58H41N. The Kier molecular flexibility index (Phi) is 8.51. The maximum absolute atomic E-state index is 9.44. The summed E-state index contributed by atoms with van der Waals surface area (Å²) >= 11 is 0. The normalized spacial score (nSPS) is 12.0. The van der Waals surface area contributed by atoms with E-state index in [9.17, 15) is 5.48 Å². The molecule has 0 heterocycles. The van der Waals surface area contributed by atoms with Crippen LogP contribution in [0.15, 0.2) is 249 Å². The average Bonchev–Trinajstić information content (AvgIpc) is 3.35. The number of benzene rings is 10. The Morgan fingerprint density at radius 3 is 1.10 bits per heavy atom. The summed E-state index contributed by atoms with van der Waals surface area (Å²) < 4.78 is 37.3. The summed E-state index contributed by atoms with van der Waals surface area (Å²) in [5.74, 6) is 0. The van der Waals surface area contributed by atoms with Crippen molar-refractivity contribution >= 4 is 27.8 Å². The summed E-state index contributed by atoms with van der Waals surface area (Å²) in [4.78, 5) is 1.85. The summed E-state index contributed by atoms with van der Waals surface area (Å²) in [7, 11) is 0. The molecule has 0 aliphatic rings. The third-order valence-electron chi connectivity index (χ3n) is 10.9. The summed E-state index contributed by atoms with van der Waals surface area (Å²) in [6.07, 6.45) is 0. The maximum atomic E-state index is 9.44. The zero-order chi connectivity index (χ0) is 42.9. The summed E-state index contributed by atoms with van der Waals surface area (Å²) in [6, 6.07) is 76.0. The van der Waals surface area contributed by atoms with Crippen molar-refractivity contribution in [1.82, 2.24) is 0 Å². The third-order valence-corrected chi connectivity index (χ3v) is 10.9. The van der Waals surface area contributed by atoms with Crippen molar-refractivity contribution in [3.05, 3.63) is 249 Å². The van der Waals surface area contributed by atoms with Gasteiger partial charge in [0.05, 0.1) is 5.48 Å². The Bertz CT molecular complexity index is 3150. The lowest BCUT2D eigenvalue weighted by atomic mass is 9.93. The fourth-order valence-corrected chi connectivity index (χ4v) is 7.82. The van der Waals surface area contributed by atoms with Crippen molar-refractivity contribution in [3.8, 4) is 66.8 Å². The molecule has 0 saturated heterocycles. The van der Waals surface area contributed by atoms with Gasteiger partial charge in [0.25, 0.3) is 0 Å². The molecule has 10 rings (SSSR count). The number of nitrogens with zero attached hydrogens (tertiary/aromatic N) is 1. The van der Waals surface area contributed by atoms with Crippen molar-refractivity contribution < 1.29 is 5.48 Å². The average molecular weight is 756 g/mol. The molecular weight excluding hydrogens is 711 g/mol. The molecule has 0 aliphatic heterocycles. The molecule has 59 heavy (non-hydrogen) atoms. The lowest BCUT2D eigenvalue weighted by Crippen LogP contribution is -2.09. The van der Waals surface area contributed by atoms with Gasteiger partial charge in [-0.1, -0.05) is 182 Å². The Morgan fingerprint density at radius 1 is 0.220 bits per heavy atom. The second-order valence-electron chi connectivity index (χ2n) is 14.7. The molecule has 0 bridgehead atoms. The van der Waals surface area contributed by atoms with Gasteiger partial charge >= 0.3 is 0 Å². The van der Waals surface area contributed by atoms with Gasteiger partial charge in [-0.2, -0.15) is 0 Å². The van der Waals surface area contributed by atoms with Gasteiger partial charge in [-0.3, -0.25) is 0 Å². The predicted molar refractivity (Wildman–Crippen MR) is 251 cm³/mol. The van der Waals surface area contributed by atoms with E-state index in [0.29, 0.717) is 16.9 Å². The van der Waals surface area contributed by atoms with Crippen LogP contribution in [0, 0.1) is 0 Å². The van der Waals surface area contributed by atoms with E-state index >= 15 is 0 Å². The van der Waals surface area contributed by atoms with E-state index < -0.39 is 0 Å². The van der Waals surface area contributed by atoms with E-state index in [1.165, 1.54) is 10.8 Å². The van der Waals surface area contributed by atoms with E-state index in [1.807, 2.05) is 71.6 Å². The molecule has 0 saturated carbocycles. The maximum Gasteiger partial charge on any atom is 0.0645 e. The number of hydrogen-bond acceptors (Lipinski definition) is 1. The Labute approximate surface area is 352 Å². The first-order valence-electron chi connectivity index (χ1n) is 21.9. The van der Waals surface area contributed by atoms with Crippen molar-refractivity contribution in [3.63, 3.8) is 0 Å². The van der Waals surface area contributed by atoms with Crippen molar-refractivity contribution in [2.45, 2.75) is 0 Å². The fourth-order valence-electron chi connectivity index (χ4n) is 7.82. The van der Waals surface area contributed by atoms with E-state index in [0.717, 1.165) is 55.6 Å². The number of hydrogen-bond donors (Lipinski definition) is 0. The van der Waals surface area contributed by atoms with Gasteiger partial charge in [-0.05, 0) is 144 Å². The van der Waals surface area contributed by atoms with Crippen LogP contribution in [-0.2, 0) is 0 Å². The number of anilines is 3. The summed E-state index contributed by atoms with van der Waals surface area (Å²) in [5, 5.41) is 2.40. The molecule has 10 aromatic rings. The van der Waals surface area contributed by atoms with Crippen LogP contribution in [0.5, 0.6) is 0 Å². The zero-order valence-corrected chi connectivity index (χ0v) is 32.3. The van der Waals surface area contributed by atoms with Crippen LogP contribution in [0.25, 0.3) is 77.5 Å². The lowest BCUT2D eigenvalue weighted by molar-refractivity contribution is 1.28. The highest BCUT2D eigenvalue weighted by molar-refractivity contribution is 5.89. The van der Waals surface area contributed by atoms with E-state index in [2.05, 4.69) is 158 Å². The van der Waals surface area contributed by atoms with Crippen LogP contribution in [0.1, 0.15) is 5.48 Å². The molecule has 0 amide bonds. The second kappa shape index (κ2) is 16.0. The van der Waals surface area contributed by atoms with Gasteiger partial charge in [0, 0.05) is 17.1 Å². The predicted octanol–water partition coefficient (Wildman–Crippen LogP) is 16.3. The molecule has 1 heteroatoms. The minimum atomic E-state index is -0.117. The van der Waals surface area contributed by atoms with Crippen LogP contribution >= 0.6 is 0 Å². The first-order chi connectivity index (χ1) is 30.9. The van der Waals surface area contributed by atoms with Crippen molar-refractivity contribution in [2.75, 3.05) is 4.90 Å². The van der Waals surface area contributed by atoms with Crippen LogP contribution in [0.2, 0.25) is 0 Å². The second-order valence-corrected chi connectivity index (χ2v) is 14.7. The van der Waals surface area contributed by atoms with Crippen LogP contribution in [0.3, 0.4) is 0 Å². The fraction of sp³-hybridized carbons (Fsp3) is 0. The number of fused-ring (bicyclic) bond motifs is 1. The summed E-state index contributed by atoms with van der Waals surface area (Å²) in [6.45, 7) is 0. The quantitative estimate of drug-likeness (QED) is 0.142. The Balaban J connectivity index is 1.07. The van der Waals surface area contributed by atoms with Gasteiger partial charge in [0.2, 0.25) is 0 Å². The molecule has 0 radical (unpaired) electrons. The van der Waals surface area contributed by atoms with E-state index in [4.69, 9.17) is 0 Å². The largest absolute Gasteiger partial charge is 0.311 e. The van der Waals surface area contributed by atoms with Crippen molar-refractivity contribution in [1.29, 1.82) is 0 Å². The highest BCUT2D eigenvalue weighted by atomic mass is 15.1. The number of rotatable bonds is 9. The van der Waals surface area contributed by atoms with Crippen LogP contribution < -0.4 is 4.90 Å². The van der Waals surface area contributed by atoms with Gasteiger partial charge < -0.3 is 4.90 Å². The molecule has 0 aromatic heterocycles. The monoisotopic (exact) mass is 755 g/mol. The minimum absolute atomic E-state index is 0.0906. The van der Waals surface area contributed by atoms with Gasteiger partial charge in [0.1, 0.15) is 0 Å². The highest BCUT2D eigenvalue weighted by Crippen LogP contribution is 2.39. The first kappa shape index (κ1) is 31.4. The molecule has 0 atom stereocenters. The lowest BCUT2D eigenvalue weighted by Gasteiger charge is -2.26. The Morgan fingerprint density at radius 2 is 0.576 bits per heavy atom. The smallest absolute Gasteiger partial charge is 0.0645 e. The van der Waals surface area contributed by atoms with E-state index in [1.54, 1.807) is 0 Å². The first-order valence-corrected chi connectivity index (χ1v) is 19.9. The van der Waals surface area contributed by atoms with Gasteiger partial charge in [0.15, 0.2) is 0 Å². The minimum Gasteiger partial charge on any atom is -0.311 e. The molecule has 0 aliphatic carbocycles. The third kappa shape index (κ3) is 7.58. The Hall–Kier alpha value is -7.74. The molecule has 278 valence electrons. The zero-order valence-electron chi connectivity index (χ0n) is 36.3. The SMILES string of the molecule is [2H]c1c([2H])c(N(c2ccc(-c3cccc(-c4ccc5ccccc5c4)c3)cc2)c2ccc(-c3cc(-c4ccccc4)cc(-c4ccccc4)c3)cc2)c([2H])c([2H])c1-c1ccccc1. The van der Waals surface area contributed by atoms with Gasteiger partial charge in [-0.15, -0.1) is 0 Å². The van der Waals surface area contributed by atoms with Gasteiger partial charge in [-0.25, -0.2) is 0 Å². The summed E-state index contributed by atoms with van der Waals surface area (Å²) in [5.41, 5.74) is 13.4. The van der Waals surface area contributed by atoms with Crippen LogP contribution in [-0.4, -0.2) is 0 Å². The van der Waals surface area contributed by atoms with Crippen molar-refractivity contribution in [2.24, 2.45) is 0 Å². The standard InChI is InChI=1S/C58H41N/c1-4-13-42(14-5-1)46-25-31-56(32-26-46)59(57-33-27-47(28-34-57)50-21-12-22-51(37-50)52-24-23-45-19-10-11-20-49(45)38-52)58-35-29-48(30-36-58)55-40-53(43-15-6-2-7-16-43)39-54(41-55)44-17-8-3-9-18-44/h1-41H/i25D,26D,31D,32D. The topological polar surface area (TPSA) is 3.24 Å². The van der Waals surface area contributed by atoms with Crippen LogP contribution in [0.4, 0.5) is 17.1 Å². The molecule has 0 fully saturated rings. The van der Waals surface area contributed by atoms with E-state index in [-0.39, 0.29) is 35.4 Å². The molecule has 0 spiro atoms. The molecule has 10 aromatic carbocycles. The molecule has 1 nitrogen and oxygen atoms in total.